The molecule has 3 aromatic carbocycles. The first kappa shape index (κ1) is 22.5. The number of rotatable bonds is 5. The summed E-state index contributed by atoms with van der Waals surface area (Å²) < 4.78 is 12.3. The Kier molecular flexibility index (Phi) is 6.03. The number of hydrogen-bond donors (Lipinski definition) is 0. The zero-order valence-electron chi connectivity index (χ0n) is 19.9. The van der Waals surface area contributed by atoms with Gasteiger partial charge in [-0.15, -0.1) is 0 Å². The van der Waals surface area contributed by atoms with E-state index in [9.17, 15) is 9.59 Å². The number of likely N-dealkylation sites (tertiary alicyclic amines) is 1. The lowest BCUT2D eigenvalue weighted by atomic mass is 9.81. The van der Waals surface area contributed by atoms with Crippen LogP contribution in [0.25, 0.3) is 10.8 Å². The lowest BCUT2D eigenvalue weighted by Gasteiger charge is -2.44. The van der Waals surface area contributed by atoms with Gasteiger partial charge in [-0.1, -0.05) is 36.4 Å². The first-order valence-corrected chi connectivity index (χ1v) is 12.2. The number of nitrogens with zero attached hydrogens (tertiary/aromatic N) is 1. The minimum atomic E-state index is -0.486. The van der Waals surface area contributed by atoms with Crippen molar-refractivity contribution in [3.8, 4) is 11.5 Å². The number of amides is 1. The van der Waals surface area contributed by atoms with Gasteiger partial charge in [0.2, 0.25) is 5.91 Å². The van der Waals surface area contributed by atoms with Gasteiger partial charge in [0.25, 0.3) is 0 Å². The van der Waals surface area contributed by atoms with Crippen molar-refractivity contribution in [2.45, 2.75) is 51.6 Å². The van der Waals surface area contributed by atoms with E-state index in [0.29, 0.717) is 57.6 Å². The first-order valence-electron chi connectivity index (χ1n) is 12.2. The molecule has 1 fully saturated rings. The number of fused-ring (bicyclic) bond motifs is 2. The molecule has 0 unspecified atom stereocenters. The lowest BCUT2D eigenvalue weighted by molar-refractivity contribution is -0.135. The minimum absolute atomic E-state index is 0.145. The van der Waals surface area contributed by atoms with Crippen LogP contribution in [-0.2, 0) is 4.79 Å². The summed E-state index contributed by atoms with van der Waals surface area (Å²) in [5, 5.41) is 2.33. The molecular weight excluding hydrogens is 426 g/mol. The van der Waals surface area contributed by atoms with E-state index in [1.54, 1.807) is 0 Å². The second-order valence-corrected chi connectivity index (χ2v) is 9.68. The van der Waals surface area contributed by atoms with Crippen molar-refractivity contribution in [3.05, 3.63) is 71.3 Å². The Balaban J connectivity index is 1.11. The van der Waals surface area contributed by atoms with Crippen molar-refractivity contribution in [2.24, 2.45) is 0 Å². The van der Waals surface area contributed by atoms with Gasteiger partial charge in [-0.25, -0.2) is 0 Å². The van der Waals surface area contributed by atoms with Gasteiger partial charge in [0, 0.05) is 32.4 Å². The van der Waals surface area contributed by atoms with E-state index in [1.807, 2.05) is 55.1 Å². The molecule has 0 N–H and O–H groups in total. The van der Waals surface area contributed by atoms with Crippen LogP contribution in [0.4, 0.5) is 0 Å². The van der Waals surface area contributed by atoms with E-state index in [1.165, 1.54) is 5.39 Å². The van der Waals surface area contributed by atoms with Crippen LogP contribution in [0.3, 0.4) is 0 Å². The molecular formula is C29H31NO4. The first-order chi connectivity index (χ1) is 16.4. The third kappa shape index (κ3) is 4.52. The van der Waals surface area contributed by atoms with E-state index >= 15 is 0 Å². The molecule has 0 bridgehead atoms. The number of ketones is 1. The summed E-state index contributed by atoms with van der Waals surface area (Å²) in [5.74, 6) is 1.84. The summed E-state index contributed by atoms with van der Waals surface area (Å²) in [6.07, 6.45) is 2.90. The molecule has 0 atom stereocenters. The molecule has 5 heteroatoms. The zero-order chi connectivity index (χ0) is 23.7. The van der Waals surface area contributed by atoms with E-state index in [2.05, 4.69) is 18.2 Å². The molecule has 5 nitrogen and oxygen atoms in total. The molecule has 3 aromatic rings. The molecule has 5 rings (SSSR count). The molecule has 0 aromatic heterocycles. The lowest BCUT2D eigenvalue weighted by Crippen LogP contribution is -2.52. The van der Waals surface area contributed by atoms with Crippen molar-refractivity contribution in [2.75, 3.05) is 19.7 Å². The van der Waals surface area contributed by atoms with Crippen molar-refractivity contribution < 1.29 is 19.1 Å². The molecule has 0 radical (unpaired) electrons. The van der Waals surface area contributed by atoms with Crippen LogP contribution in [0.15, 0.2) is 54.6 Å². The number of carbonyl (C=O) groups excluding carboxylic acids is 2. The molecule has 1 saturated heterocycles. The molecule has 2 aliphatic rings. The highest BCUT2D eigenvalue weighted by molar-refractivity contribution is 6.01. The van der Waals surface area contributed by atoms with Gasteiger partial charge in [-0.05, 0) is 60.4 Å². The van der Waals surface area contributed by atoms with Crippen LogP contribution in [0, 0.1) is 13.8 Å². The summed E-state index contributed by atoms with van der Waals surface area (Å²) >= 11 is 0. The highest BCUT2D eigenvalue weighted by Crippen LogP contribution is 2.41. The predicted molar refractivity (Wildman–Crippen MR) is 133 cm³/mol. The van der Waals surface area contributed by atoms with Crippen molar-refractivity contribution in [1.82, 2.24) is 4.90 Å². The standard InChI is InChI=1S/C29H31NO4/c1-20-16-21(2)28-25(31)19-29(34-26(28)17-20)11-13-30(14-12-29)27(32)8-5-15-33-24-10-9-22-6-3-4-7-23(22)18-24/h3-4,6-7,9-10,16-18H,5,8,11-15,19H2,1-2H3. The van der Waals surface area contributed by atoms with Gasteiger partial charge in [0.1, 0.15) is 17.1 Å². The molecule has 1 spiro atoms. The summed E-state index contributed by atoms with van der Waals surface area (Å²) in [7, 11) is 0. The highest BCUT2D eigenvalue weighted by atomic mass is 16.5. The summed E-state index contributed by atoms with van der Waals surface area (Å²) in [6, 6.07) is 18.2. The van der Waals surface area contributed by atoms with Gasteiger partial charge in [-0.2, -0.15) is 0 Å². The maximum Gasteiger partial charge on any atom is 0.222 e. The second-order valence-electron chi connectivity index (χ2n) is 9.68. The SMILES string of the molecule is Cc1cc(C)c2c(c1)OC1(CCN(C(=O)CCCOc3ccc4ccccc4c3)CC1)CC2=O. The zero-order valence-corrected chi connectivity index (χ0v) is 19.9. The van der Waals surface area contributed by atoms with Crippen molar-refractivity contribution >= 4 is 22.5 Å². The maximum atomic E-state index is 12.9. The van der Waals surface area contributed by atoms with Crippen LogP contribution >= 0.6 is 0 Å². The fourth-order valence-corrected chi connectivity index (χ4v) is 5.29. The monoisotopic (exact) mass is 457 g/mol. The Labute approximate surface area is 200 Å². The molecule has 1 amide bonds. The average molecular weight is 458 g/mol. The minimum Gasteiger partial charge on any atom is -0.494 e. The summed E-state index contributed by atoms with van der Waals surface area (Å²) in [5.41, 5.74) is 2.31. The Morgan fingerprint density at radius 1 is 1.03 bits per heavy atom. The Morgan fingerprint density at radius 3 is 2.59 bits per heavy atom. The molecule has 2 heterocycles. The van der Waals surface area contributed by atoms with Gasteiger partial charge < -0.3 is 14.4 Å². The smallest absolute Gasteiger partial charge is 0.222 e. The number of Topliss-reactive ketones (excluding diaryl/α,β-unsaturated/α-hetero) is 1. The van der Waals surface area contributed by atoms with Gasteiger partial charge >= 0.3 is 0 Å². The number of piperidine rings is 1. The quantitative estimate of drug-likeness (QED) is 0.465. The van der Waals surface area contributed by atoms with E-state index in [0.717, 1.165) is 27.8 Å². The number of benzene rings is 3. The normalized spacial score (nSPS) is 16.9. The molecule has 34 heavy (non-hydrogen) atoms. The van der Waals surface area contributed by atoms with Gasteiger partial charge in [0.15, 0.2) is 5.78 Å². The fourth-order valence-electron chi connectivity index (χ4n) is 5.29. The van der Waals surface area contributed by atoms with Crippen LogP contribution in [0.5, 0.6) is 11.5 Å². The molecule has 0 saturated carbocycles. The predicted octanol–water partition coefficient (Wildman–Crippen LogP) is 5.64. The highest BCUT2D eigenvalue weighted by Gasteiger charge is 2.44. The molecule has 176 valence electrons. The molecule has 2 aliphatic heterocycles. The summed E-state index contributed by atoms with van der Waals surface area (Å²) in [4.78, 5) is 27.6. The van der Waals surface area contributed by atoms with Crippen molar-refractivity contribution in [1.29, 1.82) is 0 Å². The van der Waals surface area contributed by atoms with E-state index < -0.39 is 5.60 Å². The largest absolute Gasteiger partial charge is 0.494 e. The third-order valence-electron chi connectivity index (χ3n) is 7.08. The Morgan fingerprint density at radius 2 is 1.79 bits per heavy atom. The van der Waals surface area contributed by atoms with Crippen molar-refractivity contribution in [3.63, 3.8) is 0 Å². The number of aryl methyl sites for hydroxylation is 2. The maximum absolute atomic E-state index is 12.9. The summed E-state index contributed by atoms with van der Waals surface area (Å²) in [6.45, 7) is 5.74. The average Bonchev–Trinajstić information content (AvgIpc) is 2.81. The second kappa shape index (κ2) is 9.13. The Bertz CT molecular complexity index is 1240. The fraction of sp³-hybridized carbons (Fsp3) is 0.379. The number of hydrogen-bond acceptors (Lipinski definition) is 4. The van der Waals surface area contributed by atoms with E-state index in [-0.39, 0.29) is 11.7 Å². The Hall–Kier alpha value is -3.34. The number of carbonyl (C=O) groups is 2. The van der Waals surface area contributed by atoms with Gasteiger partial charge in [-0.3, -0.25) is 9.59 Å². The van der Waals surface area contributed by atoms with E-state index in [4.69, 9.17) is 9.47 Å². The van der Waals surface area contributed by atoms with Crippen LogP contribution < -0.4 is 9.47 Å². The van der Waals surface area contributed by atoms with Crippen LogP contribution in [-0.4, -0.2) is 41.9 Å². The van der Waals surface area contributed by atoms with Crippen LogP contribution in [0.2, 0.25) is 0 Å². The topological polar surface area (TPSA) is 55.8 Å². The number of ether oxygens (including phenoxy) is 2. The van der Waals surface area contributed by atoms with Gasteiger partial charge in [0.05, 0.1) is 18.6 Å². The third-order valence-corrected chi connectivity index (χ3v) is 7.08. The van der Waals surface area contributed by atoms with Crippen LogP contribution in [0.1, 0.15) is 53.6 Å². The molecule has 0 aliphatic carbocycles.